The zero-order chi connectivity index (χ0) is 11.3. The molecule has 1 atom stereocenters. The molecule has 0 spiro atoms. The van der Waals surface area contributed by atoms with Gasteiger partial charge in [0.25, 0.3) is 5.91 Å². The van der Waals surface area contributed by atoms with Crippen LogP contribution in [0.15, 0.2) is 12.5 Å². The summed E-state index contributed by atoms with van der Waals surface area (Å²) in [7, 11) is 1.80. The summed E-state index contributed by atoms with van der Waals surface area (Å²) in [6.07, 6.45) is 4.99. The summed E-state index contributed by atoms with van der Waals surface area (Å²) in [5, 5.41) is 2.83. The van der Waals surface area contributed by atoms with Crippen LogP contribution in [0.1, 0.15) is 30.3 Å². The highest BCUT2D eigenvalue weighted by molar-refractivity contribution is 5.92. The van der Waals surface area contributed by atoms with Crippen LogP contribution in [0.5, 0.6) is 0 Å². The van der Waals surface area contributed by atoms with E-state index in [0.29, 0.717) is 12.2 Å². The third kappa shape index (κ3) is 3.71. The Morgan fingerprint density at radius 2 is 2.47 bits per heavy atom. The van der Waals surface area contributed by atoms with Gasteiger partial charge in [0.1, 0.15) is 5.69 Å². The summed E-state index contributed by atoms with van der Waals surface area (Å²) < 4.78 is 1.70. The minimum absolute atomic E-state index is 0.0836. The van der Waals surface area contributed by atoms with Gasteiger partial charge < -0.3 is 15.6 Å². The predicted molar refractivity (Wildman–Crippen MR) is 58.4 cm³/mol. The molecule has 1 heterocycles. The molecule has 0 aliphatic rings. The van der Waals surface area contributed by atoms with Gasteiger partial charge in [-0.05, 0) is 19.8 Å². The molecule has 0 aliphatic carbocycles. The Bertz CT molecular complexity index is 319. The first-order chi connectivity index (χ1) is 7.11. The van der Waals surface area contributed by atoms with Crippen molar-refractivity contribution in [3.8, 4) is 0 Å². The van der Waals surface area contributed by atoms with Crippen LogP contribution >= 0.6 is 0 Å². The van der Waals surface area contributed by atoms with E-state index in [0.717, 1.165) is 12.8 Å². The van der Waals surface area contributed by atoms with E-state index in [1.54, 1.807) is 24.1 Å². The second-order valence-corrected chi connectivity index (χ2v) is 3.77. The highest BCUT2D eigenvalue weighted by Crippen LogP contribution is 1.96. The average Bonchev–Trinajstić information content (AvgIpc) is 2.58. The number of imidazole rings is 1. The molecule has 1 amide bonds. The quantitative estimate of drug-likeness (QED) is 0.685. The van der Waals surface area contributed by atoms with Crippen LogP contribution in [0.25, 0.3) is 0 Å². The number of carbonyl (C=O) groups is 1. The highest BCUT2D eigenvalue weighted by Gasteiger charge is 2.08. The van der Waals surface area contributed by atoms with Gasteiger partial charge in [0.05, 0.1) is 12.5 Å². The van der Waals surface area contributed by atoms with Crippen molar-refractivity contribution in [1.29, 1.82) is 0 Å². The Hall–Kier alpha value is -1.36. The Kier molecular flexibility index (Phi) is 4.30. The van der Waals surface area contributed by atoms with E-state index in [4.69, 9.17) is 5.73 Å². The standard InChI is InChI=1S/C10H18N4O/c1-8(11)4-3-5-13-10(15)9-6-12-7-14(9)2/h6-8H,3-5,11H2,1-2H3,(H,13,15). The Balaban J connectivity index is 2.28. The van der Waals surface area contributed by atoms with Crippen LogP contribution < -0.4 is 11.1 Å². The summed E-state index contributed by atoms with van der Waals surface area (Å²) >= 11 is 0. The summed E-state index contributed by atoms with van der Waals surface area (Å²) in [4.78, 5) is 15.4. The van der Waals surface area contributed by atoms with E-state index in [2.05, 4.69) is 10.3 Å². The Labute approximate surface area is 89.7 Å². The third-order valence-corrected chi connectivity index (χ3v) is 2.17. The Morgan fingerprint density at radius 1 is 1.73 bits per heavy atom. The summed E-state index contributed by atoms with van der Waals surface area (Å²) in [5.74, 6) is -0.0836. The fraction of sp³-hybridized carbons (Fsp3) is 0.600. The van der Waals surface area contributed by atoms with Crippen LogP contribution in [-0.4, -0.2) is 28.0 Å². The van der Waals surface area contributed by atoms with Gasteiger partial charge >= 0.3 is 0 Å². The van der Waals surface area contributed by atoms with Crippen LogP contribution in [0.2, 0.25) is 0 Å². The minimum Gasteiger partial charge on any atom is -0.351 e. The molecule has 1 unspecified atom stereocenters. The number of rotatable bonds is 5. The van der Waals surface area contributed by atoms with Crippen molar-refractivity contribution in [3.63, 3.8) is 0 Å². The van der Waals surface area contributed by atoms with Crippen molar-refractivity contribution < 1.29 is 4.79 Å². The van der Waals surface area contributed by atoms with Gasteiger partial charge in [0, 0.05) is 19.6 Å². The number of hydrogen-bond acceptors (Lipinski definition) is 3. The second-order valence-electron chi connectivity index (χ2n) is 3.77. The molecule has 84 valence electrons. The smallest absolute Gasteiger partial charge is 0.269 e. The van der Waals surface area contributed by atoms with Crippen LogP contribution in [0.4, 0.5) is 0 Å². The number of nitrogens with zero attached hydrogens (tertiary/aromatic N) is 2. The molecule has 0 fully saturated rings. The van der Waals surface area contributed by atoms with E-state index < -0.39 is 0 Å². The van der Waals surface area contributed by atoms with Gasteiger partial charge in [-0.25, -0.2) is 4.98 Å². The van der Waals surface area contributed by atoms with Gasteiger partial charge in [-0.1, -0.05) is 0 Å². The molecule has 15 heavy (non-hydrogen) atoms. The molecule has 3 N–H and O–H groups in total. The van der Waals surface area contributed by atoms with Crippen molar-refractivity contribution in [1.82, 2.24) is 14.9 Å². The van der Waals surface area contributed by atoms with Crippen LogP contribution in [0.3, 0.4) is 0 Å². The van der Waals surface area contributed by atoms with E-state index in [1.165, 1.54) is 0 Å². The minimum atomic E-state index is -0.0836. The van der Waals surface area contributed by atoms with E-state index >= 15 is 0 Å². The predicted octanol–water partition coefficient (Wildman–Crippen LogP) is 0.277. The molecular formula is C10H18N4O. The van der Waals surface area contributed by atoms with Gasteiger partial charge in [0.2, 0.25) is 0 Å². The second kappa shape index (κ2) is 5.50. The molecule has 0 radical (unpaired) electrons. The highest BCUT2D eigenvalue weighted by atomic mass is 16.1. The average molecular weight is 210 g/mol. The maximum Gasteiger partial charge on any atom is 0.269 e. The fourth-order valence-electron chi connectivity index (χ4n) is 1.29. The number of hydrogen-bond donors (Lipinski definition) is 2. The normalized spacial score (nSPS) is 12.5. The van der Waals surface area contributed by atoms with Gasteiger partial charge in [-0.2, -0.15) is 0 Å². The Morgan fingerprint density at radius 3 is 3.00 bits per heavy atom. The first-order valence-corrected chi connectivity index (χ1v) is 5.11. The van der Waals surface area contributed by atoms with E-state index in [9.17, 15) is 4.79 Å². The van der Waals surface area contributed by atoms with Crippen molar-refractivity contribution in [2.45, 2.75) is 25.8 Å². The molecule has 1 aromatic rings. The molecule has 0 bridgehead atoms. The van der Waals surface area contributed by atoms with Crippen molar-refractivity contribution >= 4 is 5.91 Å². The van der Waals surface area contributed by atoms with Crippen molar-refractivity contribution in [2.75, 3.05) is 6.54 Å². The lowest BCUT2D eigenvalue weighted by molar-refractivity contribution is 0.0944. The van der Waals surface area contributed by atoms with Gasteiger partial charge in [-0.15, -0.1) is 0 Å². The summed E-state index contributed by atoms with van der Waals surface area (Å²) in [5.41, 5.74) is 6.18. The molecule has 1 aromatic heterocycles. The molecule has 5 nitrogen and oxygen atoms in total. The van der Waals surface area contributed by atoms with Crippen molar-refractivity contribution in [2.24, 2.45) is 12.8 Å². The van der Waals surface area contributed by atoms with E-state index in [1.807, 2.05) is 6.92 Å². The maximum atomic E-state index is 11.6. The van der Waals surface area contributed by atoms with E-state index in [-0.39, 0.29) is 11.9 Å². The van der Waals surface area contributed by atoms with Gasteiger partial charge in [-0.3, -0.25) is 4.79 Å². The summed E-state index contributed by atoms with van der Waals surface area (Å²) in [6.45, 7) is 2.62. The molecule has 0 saturated heterocycles. The monoisotopic (exact) mass is 210 g/mol. The number of carbonyl (C=O) groups excluding carboxylic acids is 1. The third-order valence-electron chi connectivity index (χ3n) is 2.17. The zero-order valence-electron chi connectivity index (χ0n) is 9.23. The fourth-order valence-corrected chi connectivity index (χ4v) is 1.29. The SMILES string of the molecule is CC(N)CCCNC(=O)c1cncn1C. The molecule has 1 rings (SSSR count). The number of aromatic nitrogens is 2. The molecular weight excluding hydrogens is 192 g/mol. The molecule has 0 saturated carbocycles. The zero-order valence-corrected chi connectivity index (χ0v) is 9.23. The lowest BCUT2D eigenvalue weighted by Gasteiger charge is -2.06. The number of nitrogens with two attached hydrogens (primary N) is 1. The molecule has 0 aliphatic heterocycles. The summed E-state index contributed by atoms with van der Waals surface area (Å²) in [6, 6.07) is 0.193. The van der Waals surface area contributed by atoms with Gasteiger partial charge in [0.15, 0.2) is 0 Å². The van der Waals surface area contributed by atoms with Crippen molar-refractivity contribution in [3.05, 3.63) is 18.2 Å². The number of aryl methyl sites for hydroxylation is 1. The molecule has 5 heteroatoms. The first kappa shape index (κ1) is 11.7. The topological polar surface area (TPSA) is 72.9 Å². The van der Waals surface area contributed by atoms with Crippen LogP contribution in [-0.2, 0) is 7.05 Å². The first-order valence-electron chi connectivity index (χ1n) is 5.11. The molecule has 0 aromatic carbocycles. The number of nitrogens with one attached hydrogen (secondary N) is 1. The lowest BCUT2D eigenvalue weighted by Crippen LogP contribution is -2.27. The number of amides is 1. The van der Waals surface area contributed by atoms with Crippen LogP contribution in [0, 0.1) is 0 Å². The maximum absolute atomic E-state index is 11.6. The largest absolute Gasteiger partial charge is 0.351 e. The lowest BCUT2D eigenvalue weighted by atomic mass is 10.2.